The Balaban J connectivity index is 2.21. The number of aromatic nitrogens is 3. The van der Waals surface area contributed by atoms with E-state index in [1.54, 1.807) is 0 Å². The van der Waals surface area contributed by atoms with Crippen LogP contribution in [-0.4, -0.2) is 34.1 Å². The van der Waals surface area contributed by atoms with Crippen LogP contribution < -0.4 is 10.6 Å². The molecule has 20 heavy (non-hydrogen) atoms. The third-order valence-corrected chi connectivity index (χ3v) is 2.60. The van der Waals surface area contributed by atoms with E-state index < -0.39 is 11.9 Å². The topological polar surface area (TPSA) is 71.3 Å². The number of nitrogens with zero attached hydrogens (tertiary/aromatic N) is 3. The number of carbonyl (C=O) groups excluding carboxylic acids is 1. The van der Waals surface area contributed by atoms with Gasteiger partial charge in [0.05, 0.1) is 0 Å². The molecule has 2 N–H and O–H groups in total. The maximum absolute atomic E-state index is 12.6. The summed E-state index contributed by atoms with van der Waals surface area (Å²) in [4.78, 5) is 15.0. The Morgan fingerprint density at radius 2 is 2.20 bits per heavy atom. The molecule has 0 bridgehead atoms. The van der Waals surface area contributed by atoms with E-state index in [0.717, 1.165) is 10.6 Å². The quantitative estimate of drug-likeness (QED) is 0.889. The Labute approximate surface area is 112 Å². The van der Waals surface area contributed by atoms with Gasteiger partial charge in [0.1, 0.15) is 5.52 Å². The van der Waals surface area contributed by atoms with Crippen LogP contribution in [-0.2, 0) is 11.0 Å². The van der Waals surface area contributed by atoms with Gasteiger partial charge in [-0.2, -0.15) is 18.3 Å². The van der Waals surface area contributed by atoms with Crippen LogP contribution in [0.5, 0.6) is 0 Å². The van der Waals surface area contributed by atoms with Crippen LogP contribution in [0.15, 0.2) is 18.5 Å². The van der Waals surface area contributed by atoms with Gasteiger partial charge in [-0.15, -0.1) is 0 Å². The van der Waals surface area contributed by atoms with E-state index in [1.165, 1.54) is 19.4 Å². The highest BCUT2D eigenvalue weighted by Crippen LogP contribution is 2.29. The van der Waals surface area contributed by atoms with E-state index in [0.29, 0.717) is 0 Å². The average molecular weight is 287 g/mol. The van der Waals surface area contributed by atoms with Gasteiger partial charge < -0.3 is 10.6 Å². The Morgan fingerprint density at radius 1 is 1.45 bits per heavy atom. The molecule has 1 amide bonds. The van der Waals surface area contributed by atoms with E-state index >= 15 is 0 Å². The Kier molecular flexibility index (Phi) is 3.77. The van der Waals surface area contributed by atoms with Crippen molar-refractivity contribution in [2.75, 3.05) is 18.9 Å². The number of hydrogen-bond acceptors (Lipinski definition) is 4. The molecule has 0 aliphatic rings. The van der Waals surface area contributed by atoms with Gasteiger partial charge in [0, 0.05) is 38.5 Å². The molecule has 6 nitrogen and oxygen atoms in total. The van der Waals surface area contributed by atoms with E-state index in [9.17, 15) is 18.0 Å². The van der Waals surface area contributed by atoms with Crippen molar-refractivity contribution in [1.29, 1.82) is 0 Å². The fraction of sp³-hybridized carbons (Fsp3) is 0.364. The fourth-order valence-electron chi connectivity index (χ4n) is 1.62. The summed E-state index contributed by atoms with van der Waals surface area (Å²) < 4.78 is 38.9. The van der Waals surface area contributed by atoms with Crippen LogP contribution in [0.25, 0.3) is 5.52 Å². The summed E-state index contributed by atoms with van der Waals surface area (Å²) in [6, 6.07) is 0.912. The molecule has 0 radical (unpaired) electrons. The third-order valence-electron chi connectivity index (χ3n) is 2.60. The summed E-state index contributed by atoms with van der Waals surface area (Å²) in [5.74, 6) is 0.0772. The molecule has 108 valence electrons. The summed E-state index contributed by atoms with van der Waals surface area (Å²) in [5.41, 5.74) is -0.781. The number of rotatable bonds is 4. The number of alkyl halides is 3. The molecule has 0 aliphatic carbocycles. The van der Waals surface area contributed by atoms with Crippen molar-refractivity contribution in [3.63, 3.8) is 0 Å². The van der Waals surface area contributed by atoms with Gasteiger partial charge in [-0.3, -0.25) is 4.79 Å². The molecule has 2 aromatic heterocycles. The van der Waals surface area contributed by atoms with Gasteiger partial charge in [0.2, 0.25) is 5.91 Å². The standard InChI is InChI=1S/C11H12F3N5O/c1-15-9(20)2-3-16-10-7-6-8(11(12,13)14)18-19(7)5-4-17-10/h4-6H,2-3H2,1H3,(H,15,20)(H,16,17). The lowest BCUT2D eigenvalue weighted by Crippen LogP contribution is -2.21. The lowest BCUT2D eigenvalue weighted by atomic mass is 10.3. The first-order valence-corrected chi connectivity index (χ1v) is 5.78. The molecule has 0 saturated heterocycles. The van der Waals surface area contributed by atoms with Gasteiger partial charge in [0.15, 0.2) is 11.5 Å². The zero-order valence-corrected chi connectivity index (χ0v) is 10.5. The molecule has 2 heterocycles. The van der Waals surface area contributed by atoms with Crippen molar-refractivity contribution in [3.05, 3.63) is 24.2 Å². The highest BCUT2D eigenvalue weighted by molar-refractivity contribution is 5.76. The molecule has 2 rings (SSSR count). The minimum absolute atomic E-state index is 0.172. The average Bonchev–Trinajstić information content (AvgIpc) is 2.83. The van der Waals surface area contributed by atoms with Crippen LogP contribution in [0.1, 0.15) is 12.1 Å². The largest absolute Gasteiger partial charge is 0.435 e. The lowest BCUT2D eigenvalue weighted by molar-refractivity contribution is -0.141. The number of anilines is 1. The molecule has 0 fully saturated rings. The molecular formula is C11H12F3N5O. The summed E-state index contributed by atoms with van der Waals surface area (Å²) in [5, 5.41) is 8.70. The van der Waals surface area contributed by atoms with Crippen molar-refractivity contribution in [2.45, 2.75) is 12.6 Å². The predicted octanol–water partition coefficient (Wildman–Crippen LogP) is 1.30. The number of nitrogens with one attached hydrogen (secondary N) is 2. The van der Waals surface area contributed by atoms with E-state index in [4.69, 9.17) is 0 Å². The van der Waals surface area contributed by atoms with Crippen LogP contribution in [0.2, 0.25) is 0 Å². The van der Waals surface area contributed by atoms with E-state index in [1.807, 2.05) is 0 Å². The Bertz CT molecular complexity index is 622. The van der Waals surface area contributed by atoms with E-state index in [2.05, 4.69) is 20.7 Å². The molecule has 9 heteroatoms. The van der Waals surface area contributed by atoms with Crippen molar-refractivity contribution in [2.24, 2.45) is 0 Å². The van der Waals surface area contributed by atoms with Crippen LogP contribution >= 0.6 is 0 Å². The SMILES string of the molecule is CNC(=O)CCNc1nccn2nc(C(F)(F)F)cc12. The minimum Gasteiger partial charge on any atom is -0.368 e. The maximum Gasteiger partial charge on any atom is 0.435 e. The van der Waals surface area contributed by atoms with E-state index in [-0.39, 0.29) is 30.2 Å². The zero-order chi connectivity index (χ0) is 14.8. The molecular weight excluding hydrogens is 275 g/mol. The fourth-order valence-corrected chi connectivity index (χ4v) is 1.62. The first kappa shape index (κ1) is 14.1. The van der Waals surface area contributed by atoms with Gasteiger partial charge in [-0.1, -0.05) is 0 Å². The molecule has 0 atom stereocenters. The summed E-state index contributed by atoms with van der Waals surface area (Å²) in [7, 11) is 1.51. The molecule has 0 unspecified atom stereocenters. The van der Waals surface area contributed by atoms with Gasteiger partial charge >= 0.3 is 6.18 Å². The normalized spacial score (nSPS) is 11.6. The maximum atomic E-state index is 12.6. The Morgan fingerprint density at radius 3 is 2.85 bits per heavy atom. The summed E-state index contributed by atoms with van der Waals surface area (Å²) >= 11 is 0. The number of amides is 1. The number of hydrogen-bond donors (Lipinski definition) is 2. The third kappa shape index (κ3) is 2.98. The van der Waals surface area contributed by atoms with Crippen molar-refractivity contribution >= 4 is 17.2 Å². The first-order chi connectivity index (χ1) is 9.41. The van der Waals surface area contributed by atoms with Crippen molar-refractivity contribution in [1.82, 2.24) is 19.9 Å². The highest BCUT2D eigenvalue weighted by Gasteiger charge is 2.34. The summed E-state index contributed by atoms with van der Waals surface area (Å²) in [6.45, 7) is 0.263. The number of halogens is 3. The lowest BCUT2D eigenvalue weighted by Gasteiger charge is -2.05. The number of carbonyl (C=O) groups is 1. The predicted molar refractivity (Wildman–Crippen MR) is 65.2 cm³/mol. The number of fused-ring (bicyclic) bond motifs is 1. The summed E-state index contributed by atoms with van der Waals surface area (Å²) in [6.07, 6.45) is -1.65. The monoisotopic (exact) mass is 287 g/mol. The Hall–Kier alpha value is -2.32. The van der Waals surface area contributed by atoms with Crippen LogP contribution in [0.3, 0.4) is 0 Å². The van der Waals surface area contributed by atoms with Crippen molar-refractivity contribution < 1.29 is 18.0 Å². The smallest absolute Gasteiger partial charge is 0.368 e. The van der Waals surface area contributed by atoms with Gasteiger partial charge in [0.25, 0.3) is 0 Å². The second-order valence-electron chi connectivity index (χ2n) is 3.98. The molecule has 0 aromatic carbocycles. The van der Waals surface area contributed by atoms with Crippen LogP contribution in [0.4, 0.5) is 19.0 Å². The second-order valence-corrected chi connectivity index (χ2v) is 3.98. The molecule has 0 aliphatic heterocycles. The van der Waals surface area contributed by atoms with Crippen LogP contribution in [0, 0.1) is 0 Å². The highest BCUT2D eigenvalue weighted by atomic mass is 19.4. The molecule has 2 aromatic rings. The van der Waals surface area contributed by atoms with Gasteiger partial charge in [-0.05, 0) is 0 Å². The van der Waals surface area contributed by atoms with Gasteiger partial charge in [-0.25, -0.2) is 9.50 Å². The second kappa shape index (κ2) is 5.35. The minimum atomic E-state index is -4.51. The molecule has 0 spiro atoms. The molecule has 0 saturated carbocycles. The van der Waals surface area contributed by atoms with Crippen molar-refractivity contribution in [3.8, 4) is 0 Å². The first-order valence-electron chi connectivity index (χ1n) is 5.78. The zero-order valence-electron chi connectivity index (χ0n) is 10.5.